The highest BCUT2D eigenvalue weighted by Gasteiger charge is 2.41. The van der Waals surface area contributed by atoms with Gasteiger partial charge in [0.1, 0.15) is 0 Å². The molecule has 4 nitrogen and oxygen atoms in total. The average Bonchev–Trinajstić information content (AvgIpc) is 2.34. The number of benzene rings is 1. The van der Waals surface area contributed by atoms with E-state index in [1.165, 1.54) is 27.4 Å². The highest BCUT2D eigenvalue weighted by atomic mass is 19.1. The quantitative estimate of drug-likeness (QED) is 0.896. The molecule has 0 spiro atoms. The maximum atomic E-state index is 14.0. The van der Waals surface area contributed by atoms with Gasteiger partial charge in [0.25, 0.3) is 0 Å². The van der Waals surface area contributed by atoms with Crippen LogP contribution in [0.15, 0.2) is 6.07 Å². The molecule has 1 aromatic rings. The van der Waals surface area contributed by atoms with Crippen LogP contribution in [0.2, 0.25) is 0 Å². The normalized spacial score (nSPS) is 16.9. The van der Waals surface area contributed by atoms with Gasteiger partial charge in [0, 0.05) is 11.6 Å². The molecule has 0 radical (unpaired) electrons. The summed E-state index contributed by atoms with van der Waals surface area (Å²) in [5, 5.41) is 0. The number of hydrogen-bond donors (Lipinski definition) is 1. The third-order valence-electron chi connectivity index (χ3n) is 3.52. The SMILES string of the molecule is COc1cc(F)c(OC)c(C2(N)CCC2)c1OC. The molecule has 2 rings (SSSR count). The number of hydrogen-bond acceptors (Lipinski definition) is 4. The van der Waals surface area contributed by atoms with E-state index >= 15 is 0 Å². The van der Waals surface area contributed by atoms with Crippen LogP contribution in [0.4, 0.5) is 4.39 Å². The van der Waals surface area contributed by atoms with Crippen LogP contribution in [0.25, 0.3) is 0 Å². The topological polar surface area (TPSA) is 53.7 Å². The Kier molecular flexibility index (Phi) is 3.34. The molecule has 1 saturated carbocycles. The van der Waals surface area contributed by atoms with E-state index in [0.717, 1.165) is 19.3 Å². The summed E-state index contributed by atoms with van der Waals surface area (Å²) in [4.78, 5) is 0. The lowest BCUT2D eigenvalue weighted by Crippen LogP contribution is -2.44. The van der Waals surface area contributed by atoms with Crippen molar-refractivity contribution >= 4 is 0 Å². The van der Waals surface area contributed by atoms with E-state index in [4.69, 9.17) is 19.9 Å². The summed E-state index contributed by atoms with van der Waals surface area (Å²) in [6.07, 6.45) is 2.58. The van der Waals surface area contributed by atoms with Gasteiger partial charge in [0.2, 0.25) is 0 Å². The van der Waals surface area contributed by atoms with Crippen molar-refractivity contribution < 1.29 is 18.6 Å². The molecular weight excluding hydrogens is 237 g/mol. The third kappa shape index (κ3) is 1.79. The minimum Gasteiger partial charge on any atom is -0.493 e. The Labute approximate surface area is 106 Å². The van der Waals surface area contributed by atoms with E-state index in [1.807, 2.05) is 0 Å². The molecule has 0 saturated heterocycles. The maximum absolute atomic E-state index is 14.0. The van der Waals surface area contributed by atoms with Crippen LogP contribution < -0.4 is 19.9 Å². The Hall–Kier alpha value is -1.49. The number of nitrogens with two attached hydrogens (primary N) is 1. The van der Waals surface area contributed by atoms with Crippen molar-refractivity contribution in [1.82, 2.24) is 0 Å². The van der Waals surface area contributed by atoms with Gasteiger partial charge in [-0.3, -0.25) is 0 Å². The lowest BCUT2D eigenvalue weighted by Gasteiger charge is -2.40. The lowest BCUT2D eigenvalue weighted by molar-refractivity contribution is 0.227. The largest absolute Gasteiger partial charge is 0.493 e. The molecule has 0 unspecified atom stereocenters. The summed E-state index contributed by atoms with van der Waals surface area (Å²) in [5.74, 6) is 0.456. The Morgan fingerprint density at radius 1 is 1.11 bits per heavy atom. The van der Waals surface area contributed by atoms with Crippen molar-refractivity contribution in [2.75, 3.05) is 21.3 Å². The fraction of sp³-hybridized carbons (Fsp3) is 0.538. The zero-order valence-corrected chi connectivity index (χ0v) is 10.9. The van der Waals surface area contributed by atoms with Crippen molar-refractivity contribution in [2.45, 2.75) is 24.8 Å². The summed E-state index contributed by atoms with van der Waals surface area (Å²) in [7, 11) is 4.41. The van der Waals surface area contributed by atoms with Crippen molar-refractivity contribution in [3.8, 4) is 17.2 Å². The molecule has 0 aliphatic heterocycles. The zero-order chi connectivity index (χ0) is 13.3. The van der Waals surface area contributed by atoms with Gasteiger partial charge in [-0.1, -0.05) is 0 Å². The number of methoxy groups -OCH3 is 3. The van der Waals surface area contributed by atoms with Gasteiger partial charge in [0.15, 0.2) is 23.1 Å². The molecule has 0 bridgehead atoms. The number of ether oxygens (including phenoxy) is 3. The molecule has 0 atom stereocenters. The van der Waals surface area contributed by atoms with Crippen LogP contribution in [0.3, 0.4) is 0 Å². The highest BCUT2D eigenvalue weighted by molar-refractivity contribution is 5.58. The summed E-state index contributed by atoms with van der Waals surface area (Å²) in [6.45, 7) is 0. The molecule has 0 heterocycles. The minimum absolute atomic E-state index is 0.148. The summed E-state index contributed by atoms with van der Waals surface area (Å²) in [5.41, 5.74) is 6.26. The standard InChI is InChI=1S/C13H18FNO3/c1-16-9-7-8(14)11(17-2)10(12(9)18-3)13(15)5-4-6-13/h7H,4-6,15H2,1-3H3. The fourth-order valence-corrected chi connectivity index (χ4v) is 2.41. The van der Waals surface area contributed by atoms with E-state index in [-0.39, 0.29) is 5.75 Å². The monoisotopic (exact) mass is 255 g/mol. The zero-order valence-electron chi connectivity index (χ0n) is 10.9. The second-order valence-electron chi connectivity index (χ2n) is 4.51. The predicted octanol–water partition coefficient (Wildman–Crippen LogP) is 2.19. The van der Waals surface area contributed by atoms with Crippen LogP contribution in [-0.4, -0.2) is 21.3 Å². The van der Waals surface area contributed by atoms with Crippen LogP contribution in [0.1, 0.15) is 24.8 Å². The van der Waals surface area contributed by atoms with Crippen LogP contribution in [0, 0.1) is 5.82 Å². The first-order valence-corrected chi connectivity index (χ1v) is 5.85. The molecule has 18 heavy (non-hydrogen) atoms. The van der Waals surface area contributed by atoms with Crippen molar-refractivity contribution in [3.05, 3.63) is 17.4 Å². The van der Waals surface area contributed by atoms with Crippen LogP contribution in [0.5, 0.6) is 17.2 Å². The summed E-state index contributed by atoms with van der Waals surface area (Å²) < 4.78 is 29.6. The van der Waals surface area contributed by atoms with E-state index < -0.39 is 11.4 Å². The Morgan fingerprint density at radius 2 is 1.72 bits per heavy atom. The van der Waals surface area contributed by atoms with Gasteiger partial charge in [-0.25, -0.2) is 4.39 Å². The van der Waals surface area contributed by atoms with E-state index in [9.17, 15) is 4.39 Å². The Bertz CT molecular complexity index is 458. The second-order valence-corrected chi connectivity index (χ2v) is 4.51. The van der Waals surface area contributed by atoms with E-state index in [1.54, 1.807) is 0 Å². The molecular formula is C13H18FNO3. The Morgan fingerprint density at radius 3 is 2.11 bits per heavy atom. The molecule has 5 heteroatoms. The predicted molar refractivity (Wildman–Crippen MR) is 65.8 cm³/mol. The molecule has 0 aromatic heterocycles. The molecule has 2 N–H and O–H groups in total. The van der Waals surface area contributed by atoms with Gasteiger partial charge in [-0.15, -0.1) is 0 Å². The molecule has 1 aliphatic rings. The third-order valence-corrected chi connectivity index (χ3v) is 3.52. The maximum Gasteiger partial charge on any atom is 0.169 e. The first-order chi connectivity index (χ1) is 8.57. The molecule has 0 amide bonds. The minimum atomic E-state index is -0.591. The first-order valence-electron chi connectivity index (χ1n) is 5.85. The molecule has 1 aromatic carbocycles. The van der Waals surface area contributed by atoms with Crippen LogP contribution >= 0.6 is 0 Å². The van der Waals surface area contributed by atoms with Gasteiger partial charge >= 0.3 is 0 Å². The number of halogens is 1. The van der Waals surface area contributed by atoms with Crippen molar-refractivity contribution in [3.63, 3.8) is 0 Å². The van der Waals surface area contributed by atoms with E-state index in [2.05, 4.69) is 0 Å². The van der Waals surface area contributed by atoms with Gasteiger partial charge < -0.3 is 19.9 Å². The number of rotatable bonds is 4. The fourth-order valence-electron chi connectivity index (χ4n) is 2.41. The summed E-state index contributed by atoms with van der Waals surface area (Å²) >= 11 is 0. The molecule has 1 aliphatic carbocycles. The smallest absolute Gasteiger partial charge is 0.169 e. The van der Waals surface area contributed by atoms with Gasteiger partial charge in [0.05, 0.1) is 26.9 Å². The summed E-state index contributed by atoms with van der Waals surface area (Å²) in [6, 6.07) is 1.25. The van der Waals surface area contributed by atoms with Crippen molar-refractivity contribution in [2.24, 2.45) is 5.73 Å². The van der Waals surface area contributed by atoms with Crippen LogP contribution in [-0.2, 0) is 5.54 Å². The van der Waals surface area contributed by atoms with E-state index in [0.29, 0.717) is 17.1 Å². The Balaban J connectivity index is 2.68. The average molecular weight is 255 g/mol. The van der Waals surface area contributed by atoms with Gasteiger partial charge in [-0.2, -0.15) is 0 Å². The molecule has 100 valence electrons. The first kappa shape index (κ1) is 13.0. The molecule has 1 fully saturated rings. The second kappa shape index (κ2) is 4.65. The highest BCUT2D eigenvalue weighted by Crippen LogP contribution is 2.51. The van der Waals surface area contributed by atoms with Gasteiger partial charge in [-0.05, 0) is 19.3 Å². The lowest BCUT2D eigenvalue weighted by atomic mass is 9.72. The van der Waals surface area contributed by atoms with Crippen molar-refractivity contribution in [1.29, 1.82) is 0 Å².